The Morgan fingerprint density at radius 3 is 2.46 bits per heavy atom. The molecule has 0 spiro atoms. The summed E-state index contributed by atoms with van der Waals surface area (Å²) in [6.45, 7) is 5.59. The number of benzene rings is 3. The summed E-state index contributed by atoms with van der Waals surface area (Å²) in [6, 6.07) is 17.3. The monoisotopic (exact) mass is 919 g/mol. The van der Waals surface area contributed by atoms with Gasteiger partial charge in [-0.2, -0.15) is 5.26 Å². The van der Waals surface area contributed by atoms with Crippen molar-refractivity contribution in [2.75, 3.05) is 26.9 Å². The van der Waals surface area contributed by atoms with Gasteiger partial charge in [0.25, 0.3) is 5.56 Å². The lowest BCUT2D eigenvalue weighted by molar-refractivity contribution is -0.143. The minimum atomic E-state index is -0.899. The van der Waals surface area contributed by atoms with Crippen molar-refractivity contribution in [2.24, 2.45) is 4.99 Å². The lowest BCUT2D eigenvalue weighted by Crippen LogP contribution is -2.40. The van der Waals surface area contributed by atoms with Gasteiger partial charge in [0.2, 0.25) is 0 Å². The van der Waals surface area contributed by atoms with E-state index in [1.54, 1.807) is 50.3 Å². The molecule has 1 aromatic heterocycles. The lowest BCUT2D eigenvalue weighted by atomic mass is 9.95. The van der Waals surface area contributed by atoms with Crippen molar-refractivity contribution in [1.29, 1.82) is 5.26 Å². The highest BCUT2D eigenvalue weighted by molar-refractivity contribution is 14.1. The van der Waals surface area contributed by atoms with E-state index in [-0.39, 0.29) is 31.0 Å². The average molecular weight is 920 g/mol. The van der Waals surface area contributed by atoms with Gasteiger partial charge >= 0.3 is 11.9 Å². The van der Waals surface area contributed by atoms with E-state index in [2.05, 4.69) is 56.2 Å². The molecule has 5 rings (SSSR count). The third-order valence-corrected chi connectivity index (χ3v) is 9.87. The van der Waals surface area contributed by atoms with Gasteiger partial charge in [-0.1, -0.05) is 29.5 Å². The van der Waals surface area contributed by atoms with Crippen molar-refractivity contribution in [3.63, 3.8) is 0 Å². The van der Waals surface area contributed by atoms with E-state index in [0.717, 1.165) is 12.7 Å². The molecule has 11 nitrogen and oxygen atoms in total. The number of ether oxygens (including phenoxy) is 5. The van der Waals surface area contributed by atoms with E-state index < -0.39 is 18.0 Å². The van der Waals surface area contributed by atoms with Crippen LogP contribution in [0.5, 0.6) is 17.2 Å². The van der Waals surface area contributed by atoms with Gasteiger partial charge in [-0.15, -0.1) is 0 Å². The van der Waals surface area contributed by atoms with E-state index in [0.29, 0.717) is 55.6 Å². The molecular weight excluding hydrogens is 888 g/mol. The van der Waals surface area contributed by atoms with Crippen LogP contribution in [-0.4, -0.2) is 43.4 Å². The third-order valence-electron chi connectivity index (χ3n) is 7.46. The van der Waals surface area contributed by atoms with Crippen molar-refractivity contribution in [1.82, 2.24) is 4.57 Å². The van der Waals surface area contributed by atoms with Crippen LogP contribution < -0.4 is 29.1 Å². The normalized spacial score (nSPS) is 13.9. The molecule has 3 aromatic carbocycles. The molecule has 0 radical (unpaired) electrons. The van der Waals surface area contributed by atoms with E-state index in [1.807, 2.05) is 31.2 Å². The highest BCUT2D eigenvalue weighted by atomic mass is 127. The number of carbonyl (C=O) groups is 2. The van der Waals surface area contributed by atoms with E-state index >= 15 is 0 Å². The van der Waals surface area contributed by atoms with Crippen molar-refractivity contribution in [2.45, 2.75) is 33.4 Å². The Balaban J connectivity index is 1.63. The largest absolute Gasteiger partial charge is 0.490 e. The summed E-state index contributed by atoms with van der Waals surface area (Å²) in [6.07, 6.45) is 1.78. The number of esters is 2. The molecule has 258 valence electrons. The maximum atomic E-state index is 14.4. The van der Waals surface area contributed by atoms with Crippen molar-refractivity contribution >= 4 is 74.5 Å². The molecule has 0 aliphatic carbocycles. The van der Waals surface area contributed by atoms with Gasteiger partial charge in [0.05, 0.1) is 57.4 Å². The molecule has 1 aliphatic heterocycles. The number of thiazole rings is 1. The Hall–Kier alpha value is -4.21. The van der Waals surface area contributed by atoms with Crippen LogP contribution in [0.2, 0.25) is 0 Å². The van der Waals surface area contributed by atoms with Crippen molar-refractivity contribution < 1.29 is 33.3 Å². The minimum absolute atomic E-state index is 0.133. The van der Waals surface area contributed by atoms with Crippen molar-refractivity contribution in [3.8, 4) is 23.3 Å². The predicted molar refractivity (Wildman–Crippen MR) is 203 cm³/mol. The van der Waals surface area contributed by atoms with Crippen LogP contribution in [0.4, 0.5) is 0 Å². The SMILES string of the molecule is CCOC(=O)C1=C(C)N=c2s/c(=C/c3cc(I)cc(I)c3OCc3ccc(C#N)cc3)c(=O)n2[C@@H]1c1ccc(OCC(=O)OC)c(OCC)c1. The standard InChI is InChI=1S/C36H31I2N3O8S/c1-5-46-28-14-23(11-12-27(28)48-19-30(42)45-4)32-31(35(44)47-6-2)20(3)40-36-41(32)34(43)29(50-36)15-24-13-25(37)16-26(38)33(24)49-18-22-9-7-21(17-39)8-10-22/h7-16,32H,5-6,18-19H2,1-4H3/b29-15+/t32-/m1/s1. The van der Waals surface area contributed by atoms with Gasteiger partial charge in [0.15, 0.2) is 22.9 Å². The van der Waals surface area contributed by atoms with E-state index in [1.165, 1.54) is 23.0 Å². The highest BCUT2D eigenvalue weighted by Crippen LogP contribution is 2.37. The van der Waals surface area contributed by atoms with Crippen LogP contribution >= 0.6 is 56.5 Å². The molecule has 0 bridgehead atoms. The second-order valence-corrected chi connectivity index (χ2v) is 14.1. The molecule has 1 aliphatic rings. The Morgan fingerprint density at radius 2 is 1.78 bits per heavy atom. The summed E-state index contributed by atoms with van der Waals surface area (Å²) in [5, 5.41) is 9.14. The summed E-state index contributed by atoms with van der Waals surface area (Å²) >= 11 is 5.63. The molecule has 0 unspecified atom stereocenters. The molecule has 14 heteroatoms. The third kappa shape index (κ3) is 8.22. The average Bonchev–Trinajstić information content (AvgIpc) is 3.40. The predicted octanol–water partition coefficient (Wildman–Crippen LogP) is 5.41. The second-order valence-electron chi connectivity index (χ2n) is 10.7. The van der Waals surface area contributed by atoms with Crippen LogP contribution in [0.1, 0.15) is 49.1 Å². The number of nitrogens with zero attached hydrogens (tertiary/aromatic N) is 3. The van der Waals surface area contributed by atoms with Crippen LogP contribution in [0, 0.1) is 18.5 Å². The van der Waals surface area contributed by atoms with Gasteiger partial charge in [0.1, 0.15) is 12.4 Å². The van der Waals surface area contributed by atoms with Crippen LogP contribution in [0.25, 0.3) is 6.08 Å². The summed E-state index contributed by atoms with van der Waals surface area (Å²) in [5.74, 6) is 0.0742. The molecule has 4 aromatic rings. The maximum Gasteiger partial charge on any atom is 0.343 e. The lowest BCUT2D eigenvalue weighted by Gasteiger charge is -2.25. The van der Waals surface area contributed by atoms with Crippen LogP contribution in [0.15, 0.2) is 75.7 Å². The first-order chi connectivity index (χ1) is 24.1. The Labute approximate surface area is 319 Å². The van der Waals surface area contributed by atoms with E-state index in [9.17, 15) is 14.4 Å². The van der Waals surface area contributed by atoms with Gasteiger partial charge < -0.3 is 23.7 Å². The molecule has 0 N–H and O–H groups in total. The van der Waals surface area contributed by atoms with Crippen LogP contribution in [-0.2, 0) is 25.7 Å². The fourth-order valence-electron chi connectivity index (χ4n) is 5.20. The number of aromatic nitrogens is 1. The topological polar surface area (TPSA) is 138 Å². The molecule has 2 heterocycles. The van der Waals surface area contributed by atoms with E-state index in [4.69, 9.17) is 28.9 Å². The number of nitriles is 1. The Bertz CT molecular complexity index is 2200. The second kappa shape index (κ2) is 16.7. The molecule has 0 saturated heterocycles. The first kappa shape index (κ1) is 37.1. The summed E-state index contributed by atoms with van der Waals surface area (Å²) in [4.78, 5) is 44.7. The van der Waals surface area contributed by atoms with Gasteiger partial charge in [-0.25, -0.2) is 14.6 Å². The fraction of sp³-hybridized carbons (Fsp3) is 0.250. The van der Waals surface area contributed by atoms with Gasteiger partial charge in [0, 0.05) is 9.13 Å². The van der Waals surface area contributed by atoms with Crippen molar-refractivity contribution in [3.05, 3.63) is 115 Å². The first-order valence-electron chi connectivity index (χ1n) is 15.3. The number of hydrogen-bond acceptors (Lipinski definition) is 11. The fourth-order valence-corrected chi connectivity index (χ4v) is 8.28. The van der Waals surface area contributed by atoms with Gasteiger partial charge in [-0.05, 0) is 120 Å². The number of carbonyl (C=O) groups excluding carboxylic acids is 2. The first-order valence-corrected chi connectivity index (χ1v) is 18.3. The smallest absolute Gasteiger partial charge is 0.343 e. The summed E-state index contributed by atoms with van der Waals surface area (Å²) < 4.78 is 31.6. The summed E-state index contributed by atoms with van der Waals surface area (Å²) in [5.41, 5.74) is 2.98. The summed E-state index contributed by atoms with van der Waals surface area (Å²) in [7, 11) is 1.27. The number of halogens is 2. The molecule has 0 amide bonds. The number of methoxy groups -OCH3 is 1. The molecule has 0 saturated carbocycles. The molecule has 1 atom stereocenters. The number of fused-ring (bicyclic) bond motifs is 1. The Morgan fingerprint density at radius 1 is 1.02 bits per heavy atom. The zero-order valence-electron chi connectivity index (χ0n) is 27.5. The molecular formula is C36H31I2N3O8S. The Kier molecular flexibility index (Phi) is 12.4. The molecule has 50 heavy (non-hydrogen) atoms. The zero-order chi connectivity index (χ0) is 35.9. The number of allylic oxidation sites excluding steroid dienone is 1. The highest BCUT2D eigenvalue weighted by Gasteiger charge is 2.34. The minimum Gasteiger partial charge on any atom is -0.490 e. The quantitative estimate of drug-likeness (QED) is 0.135. The number of hydrogen-bond donors (Lipinski definition) is 0. The zero-order valence-corrected chi connectivity index (χ0v) is 32.6. The van der Waals surface area contributed by atoms with Gasteiger partial charge in [-0.3, -0.25) is 9.36 Å². The van der Waals surface area contributed by atoms with Crippen LogP contribution in [0.3, 0.4) is 0 Å². The number of rotatable bonds is 12. The molecule has 0 fully saturated rings. The maximum absolute atomic E-state index is 14.4.